The van der Waals surface area contributed by atoms with Gasteiger partial charge in [0.05, 0.1) is 11.6 Å². The average molecular weight is 288 g/mol. The molecule has 1 saturated carbocycles. The number of hydrogen-bond acceptors (Lipinski definition) is 3. The third-order valence-corrected chi connectivity index (χ3v) is 4.63. The molecule has 5 heteroatoms. The van der Waals surface area contributed by atoms with E-state index < -0.39 is 11.5 Å². The van der Waals surface area contributed by atoms with Crippen LogP contribution in [0.2, 0.25) is 0 Å². The van der Waals surface area contributed by atoms with E-state index in [-0.39, 0.29) is 18.5 Å². The molecule has 1 aromatic carbocycles. The van der Waals surface area contributed by atoms with Crippen molar-refractivity contribution in [3.63, 3.8) is 0 Å². The Balaban J connectivity index is 1.91. The molecular weight excluding hydrogens is 268 g/mol. The summed E-state index contributed by atoms with van der Waals surface area (Å²) in [5.74, 6) is -1.01. The molecule has 1 spiro atoms. The van der Waals surface area contributed by atoms with E-state index in [1.54, 1.807) is 4.90 Å². The van der Waals surface area contributed by atoms with Gasteiger partial charge in [0.25, 0.3) is 0 Å². The normalized spacial score (nSPS) is 24.5. The highest BCUT2D eigenvalue weighted by Crippen LogP contribution is 2.37. The second-order valence-electron chi connectivity index (χ2n) is 5.92. The van der Waals surface area contributed by atoms with Crippen LogP contribution in [0.1, 0.15) is 37.3 Å². The van der Waals surface area contributed by atoms with Crippen molar-refractivity contribution < 1.29 is 14.7 Å². The molecule has 0 aromatic heterocycles. The quantitative estimate of drug-likeness (QED) is 0.885. The molecule has 112 valence electrons. The molecule has 5 nitrogen and oxygen atoms in total. The Kier molecular flexibility index (Phi) is 3.68. The van der Waals surface area contributed by atoms with Crippen LogP contribution in [0.3, 0.4) is 0 Å². The van der Waals surface area contributed by atoms with Crippen molar-refractivity contribution in [2.24, 2.45) is 0 Å². The van der Waals surface area contributed by atoms with Crippen LogP contribution in [-0.2, 0) is 9.59 Å². The minimum Gasteiger partial charge on any atom is -0.480 e. The lowest BCUT2D eigenvalue weighted by atomic mass is 9.89. The number of nitrogens with one attached hydrogen (secondary N) is 1. The Morgan fingerprint density at radius 2 is 1.95 bits per heavy atom. The van der Waals surface area contributed by atoms with E-state index in [9.17, 15) is 9.59 Å². The molecule has 2 N–H and O–H groups in total. The Labute approximate surface area is 123 Å². The second kappa shape index (κ2) is 5.48. The van der Waals surface area contributed by atoms with Gasteiger partial charge >= 0.3 is 5.97 Å². The number of amides is 1. The number of carbonyl (C=O) groups is 2. The van der Waals surface area contributed by atoms with Crippen LogP contribution in [-0.4, -0.2) is 40.5 Å². The highest BCUT2D eigenvalue weighted by Gasteiger charge is 2.49. The number of benzene rings is 1. The summed E-state index contributed by atoms with van der Waals surface area (Å²) in [7, 11) is 0. The largest absolute Gasteiger partial charge is 0.480 e. The molecule has 1 aromatic rings. The maximum Gasteiger partial charge on any atom is 0.323 e. The van der Waals surface area contributed by atoms with Gasteiger partial charge in [-0.1, -0.05) is 43.2 Å². The van der Waals surface area contributed by atoms with Crippen LogP contribution in [0.4, 0.5) is 0 Å². The van der Waals surface area contributed by atoms with E-state index in [0.717, 1.165) is 31.2 Å². The van der Waals surface area contributed by atoms with Gasteiger partial charge in [0, 0.05) is 6.54 Å². The number of carboxylic acid groups (broad SMARTS) is 1. The molecule has 1 unspecified atom stereocenters. The molecule has 1 heterocycles. The maximum atomic E-state index is 12.9. The van der Waals surface area contributed by atoms with Crippen molar-refractivity contribution in [2.45, 2.75) is 37.3 Å². The standard InChI is InChI=1S/C16H20N2O3/c19-14(20)11-18-13(12-6-2-1-3-7-12)10-17-16(15(18)21)8-4-5-9-16/h1-3,6-7,13,17H,4-5,8-11H2,(H,19,20). The van der Waals surface area contributed by atoms with Gasteiger partial charge in [-0.25, -0.2) is 0 Å². The predicted molar refractivity (Wildman–Crippen MR) is 77.7 cm³/mol. The summed E-state index contributed by atoms with van der Waals surface area (Å²) < 4.78 is 0. The summed E-state index contributed by atoms with van der Waals surface area (Å²) in [6.07, 6.45) is 3.66. The van der Waals surface area contributed by atoms with Crippen LogP contribution in [0, 0.1) is 0 Å². The Hall–Kier alpha value is -1.88. The van der Waals surface area contributed by atoms with Gasteiger partial charge in [0.2, 0.25) is 5.91 Å². The van der Waals surface area contributed by atoms with Crippen LogP contribution in [0.15, 0.2) is 30.3 Å². The first-order chi connectivity index (χ1) is 10.1. The Morgan fingerprint density at radius 3 is 2.57 bits per heavy atom. The van der Waals surface area contributed by atoms with E-state index in [4.69, 9.17) is 5.11 Å². The molecule has 1 aliphatic heterocycles. The number of piperazine rings is 1. The number of carbonyl (C=O) groups excluding carboxylic acids is 1. The first kappa shape index (κ1) is 14.1. The van der Waals surface area contributed by atoms with Crippen LogP contribution < -0.4 is 5.32 Å². The topological polar surface area (TPSA) is 69.6 Å². The predicted octanol–water partition coefficient (Wildman–Crippen LogP) is 1.56. The van der Waals surface area contributed by atoms with Gasteiger partial charge in [-0.05, 0) is 18.4 Å². The summed E-state index contributed by atoms with van der Waals surface area (Å²) in [6, 6.07) is 9.43. The lowest BCUT2D eigenvalue weighted by Gasteiger charge is -2.45. The SMILES string of the molecule is O=C(O)CN1C(=O)C2(CCCC2)NCC1c1ccccc1. The molecule has 1 aliphatic carbocycles. The van der Waals surface area contributed by atoms with Gasteiger partial charge < -0.3 is 15.3 Å². The molecule has 21 heavy (non-hydrogen) atoms. The molecular formula is C16H20N2O3. The van der Waals surface area contributed by atoms with E-state index >= 15 is 0 Å². The van der Waals surface area contributed by atoms with Crippen LogP contribution in [0.25, 0.3) is 0 Å². The molecule has 3 rings (SSSR count). The summed E-state index contributed by atoms with van der Waals surface area (Å²) in [5, 5.41) is 12.6. The number of carboxylic acids is 1. The fourth-order valence-electron chi connectivity index (χ4n) is 3.56. The van der Waals surface area contributed by atoms with Gasteiger partial charge in [0.15, 0.2) is 0 Å². The van der Waals surface area contributed by atoms with Gasteiger partial charge in [-0.15, -0.1) is 0 Å². The third kappa shape index (κ3) is 2.53. The minimum absolute atomic E-state index is 0.0532. The monoisotopic (exact) mass is 288 g/mol. The number of aliphatic carboxylic acids is 1. The van der Waals surface area contributed by atoms with Crippen molar-refractivity contribution in [1.82, 2.24) is 10.2 Å². The molecule has 0 bridgehead atoms. The first-order valence-corrected chi connectivity index (χ1v) is 7.45. The minimum atomic E-state index is -0.959. The Morgan fingerprint density at radius 1 is 1.29 bits per heavy atom. The summed E-state index contributed by atoms with van der Waals surface area (Å²) in [6.45, 7) is 0.380. The number of hydrogen-bond donors (Lipinski definition) is 2. The highest BCUT2D eigenvalue weighted by molar-refractivity contribution is 5.90. The van der Waals surface area contributed by atoms with Crippen molar-refractivity contribution in [3.8, 4) is 0 Å². The molecule has 1 saturated heterocycles. The van der Waals surface area contributed by atoms with Gasteiger partial charge in [0.1, 0.15) is 6.54 Å². The molecule has 2 fully saturated rings. The van der Waals surface area contributed by atoms with E-state index in [1.807, 2.05) is 30.3 Å². The summed E-state index contributed by atoms with van der Waals surface area (Å²) >= 11 is 0. The van der Waals surface area contributed by atoms with Crippen molar-refractivity contribution in [3.05, 3.63) is 35.9 Å². The molecule has 1 amide bonds. The van der Waals surface area contributed by atoms with E-state index in [0.29, 0.717) is 6.54 Å². The lowest BCUT2D eigenvalue weighted by Crippen LogP contribution is -2.64. The maximum absolute atomic E-state index is 12.9. The van der Waals surface area contributed by atoms with Crippen LogP contribution >= 0.6 is 0 Å². The van der Waals surface area contributed by atoms with Crippen molar-refractivity contribution in [2.75, 3.05) is 13.1 Å². The zero-order chi connectivity index (χ0) is 14.9. The Bertz CT molecular complexity index is 538. The summed E-state index contributed by atoms with van der Waals surface area (Å²) in [5.41, 5.74) is 0.452. The highest BCUT2D eigenvalue weighted by atomic mass is 16.4. The van der Waals surface area contributed by atoms with E-state index in [1.165, 1.54) is 0 Å². The second-order valence-corrected chi connectivity index (χ2v) is 5.92. The molecule has 0 radical (unpaired) electrons. The zero-order valence-corrected chi connectivity index (χ0v) is 11.9. The fourth-order valence-corrected chi connectivity index (χ4v) is 3.56. The smallest absolute Gasteiger partial charge is 0.323 e. The zero-order valence-electron chi connectivity index (χ0n) is 11.9. The van der Waals surface area contributed by atoms with Crippen molar-refractivity contribution in [1.29, 1.82) is 0 Å². The average Bonchev–Trinajstić information content (AvgIpc) is 2.95. The number of nitrogens with zero attached hydrogens (tertiary/aromatic N) is 1. The van der Waals surface area contributed by atoms with E-state index in [2.05, 4.69) is 5.32 Å². The third-order valence-electron chi connectivity index (χ3n) is 4.63. The fraction of sp³-hybridized carbons (Fsp3) is 0.500. The number of rotatable bonds is 3. The lowest BCUT2D eigenvalue weighted by molar-refractivity contribution is -0.153. The molecule has 1 atom stereocenters. The molecule has 2 aliphatic rings. The van der Waals surface area contributed by atoms with Gasteiger partial charge in [-0.2, -0.15) is 0 Å². The summed E-state index contributed by atoms with van der Waals surface area (Å²) in [4.78, 5) is 25.6. The first-order valence-electron chi connectivity index (χ1n) is 7.45. The van der Waals surface area contributed by atoms with Crippen molar-refractivity contribution >= 4 is 11.9 Å². The van der Waals surface area contributed by atoms with Gasteiger partial charge in [-0.3, -0.25) is 9.59 Å². The van der Waals surface area contributed by atoms with Crippen LogP contribution in [0.5, 0.6) is 0 Å².